The molecular weight excluding hydrogens is 368 g/mol. The quantitative estimate of drug-likeness (QED) is 0.737. The van der Waals surface area contributed by atoms with Gasteiger partial charge in [-0.3, -0.25) is 4.79 Å². The zero-order chi connectivity index (χ0) is 12.4. The Bertz CT molecular complexity index is 563. The molecule has 0 bridgehead atoms. The fourth-order valence-electron chi connectivity index (χ4n) is 1.42. The maximum absolute atomic E-state index is 12.2. The molecule has 5 heteroatoms. The first-order valence-corrected chi connectivity index (χ1v) is 7.15. The molecule has 0 aliphatic heterocycles. The van der Waals surface area contributed by atoms with Crippen LogP contribution in [0.25, 0.3) is 0 Å². The number of carbonyl (C=O) groups excluding carboxylic acids is 1. The molecule has 1 heterocycles. The van der Waals surface area contributed by atoms with Crippen molar-refractivity contribution in [2.75, 3.05) is 7.11 Å². The van der Waals surface area contributed by atoms with Crippen molar-refractivity contribution in [3.63, 3.8) is 0 Å². The molecule has 2 nitrogen and oxygen atoms in total. The van der Waals surface area contributed by atoms with Crippen molar-refractivity contribution in [1.82, 2.24) is 0 Å². The summed E-state index contributed by atoms with van der Waals surface area (Å²) in [7, 11) is 1.56. The third kappa shape index (κ3) is 2.78. The summed E-state index contributed by atoms with van der Waals surface area (Å²) in [6, 6.07) is 9.05. The summed E-state index contributed by atoms with van der Waals surface area (Å²) in [5, 5.41) is 0. The Hall–Kier alpha value is -0.650. The van der Waals surface area contributed by atoms with E-state index in [0.717, 1.165) is 8.26 Å². The van der Waals surface area contributed by atoms with E-state index >= 15 is 0 Å². The first-order valence-electron chi connectivity index (χ1n) is 4.75. The van der Waals surface area contributed by atoms with Crippen molar-refractivity contribution in [3.8, 4) is 5.75 Å². The number of ether oxygens (including phenoxy) is 1. The second kappa shape index (κ2) is 5.33. The smallest absolute Gasteiger partial charge is 0.206 e. The highest BCUT2D eigenvalue weighted by Gasteiger charge is 2.16. The Balaban J connectivity index is 2.43. The van der Waals surface area contributed by atoms with E-state index in [9.17, 15) is 4.79 Å². The lowest BCUT2D eigenvalue weighted by Gasteiger charge is -2.06. The maximum Gasteiger partial charge on any atom is 0.206 e. The van der Waals surface area contributed by atoms with E-state index in [0.29, 0.717) is 16.2 Å². The average Bonchev–Trinajstić information content (AvgIpc) is 2.75. The second-order valence-corrected chi connectivity index (χ2v) is 6.66. The number of thiophene rings is 1. The highest BCUT2D eigenvalue weighted by molar-refractivity contribution is 9.11. The van der Waals surface area contributed by atoms with Gasteiger partial charge in [0.2, 0.25) is 5.78 Å². The number of benzene rings is 1. The minimum atomic E-state index is -0.0231. The second-order valence-electron chi connectivity index (χ2n) is 3.28. The van der Waals surface area contributed by atoms with Crippen molar-refractivity contribution in [2.24, 2.45) is 0 Å². The largest absolute Gasteiger partial charge is 0.496 e. The predicted molar refractivity (Wildman–Crippen MR) is 76.1 cm³/mol. The number of hydrogen-bond acceptors (Lipinski definition) is 3. The topological polar surface area (TPSA) is 26.3 Å². The molecule has 0 fully saturated rings. The highest BCUT2D eigenvalue weighted by Crippen LogP contribution is 2.29. The van der Waals surface area contributed by atoms with E-state index in [2.05, 4.69) is 31.9 Å². The molecule has 0 radical (unpaired) electrons. The van der Waals surface area contributed by atoms with Crippen LogP contribution < -0.4 is 4.74 Å². The summed E-state index contributed by atoms with van der Waals surface area (Å²) in [6.45, 7) is 0. The molecule has 0 saturated carbocycles. The standard InChI is InChI=1S/C12H8Br2O2S/c1-16-9-6-7(13)2-3-8(9)12(15)10-4-5-11(14)17-10/h2-6H,1H3. The van der Waals surface area contributed by atoms with Crippen LogP contribution in [-0.2, 0) is 0 Å². The molecule has 17 heavy (non-hydrogen) atoms. The van der Waals surface area contributed by atoms with Crippen LogP contribution in [0.15, 0.2) is 38.6 Å². The van der Waals surface area contributed by atoms with Crippen LogP contribution in [0.3, 0.4) is 0 Å². The van der Waals surface area contributed by atoms with Gasteiger partial charge < -0.3 is 4.74 Å². The molecule has 2 aromatic rings. The van der Waals surface area contributed by atoms with Crippen molar-refractivity contribution >= 4 is 49.0 Å². The third-order valence-electron chi connectivity index (χ3n) is 2.21. The molecule has 88 valence electrons. The van der Waals surface area contributed by atoms with Gasteiger partial charge in [-0.25, -0.2) is 0 Å². The van der Waals surface area contributed by atoms with Gasteiger partial charge in [0.1, 0.15) is 5.75 Å². The van der Waals surface area contributed by atoms with E-state index in [-0.39, 0.29) is 5.78 Å². The highest BCUT2D eigenvalue weighted by atomic mass is 79.9. The van der Waals surface area contributed by atoms with Crippen LogP contribution in [0.4, 0.5) is 0 Å². The molecule has 0 atom stereocenters. The summed E-state index contributed by atoms with van der Waals surface area (Å²) in [4.78, 5) is 12.9. The average molecular weight is 376 g/mol. The summed E-state index contributed by atoms with van der Waals surface area (Å²) in [5.41, 5.74) is 0.574. The lowest BCUT2D eigenvalue weighted by molar-refractivity contribution is 0.103. The molecule has 2 rings (SSSR count). The molecule has 1 aromatic carbocycles. The lowest BCUT2D eigenvalue weighted by atomic mass is 10.1. The van der Waals surface area contributed by atoms with E-state index in [4.69, 9.17) is 4.74 Å². The molecule has 0 aliphatic rings. The molecule has 0 unspecified atom stereocenters. The molecule has 0 spiro atoms. The first kappa shape index (κ1) is 12.8. The summed E-state index contributed by atoms with van der Waals surface area (Å²) in [6.07, 6.45) is 0. The molecular formula is C12H8Br2O2S. The number of carbonyl (C=O) groups is 1. The van der Waals surface area contributed by atoms with Crippen LogP contribution >= 0.6 is 43.2 Å². The summed E-state index contributed by atoms with van der Waals surface area (Å²) in [5.74, 6) is 0.555. The zero-order valence-corrected chi connectivity index (χ0v) is 12.9. The van der Waals surface area contributed by atoms with Crippen LogP contribution in [0, 0.1) is 0 Å². The van der Waals surface area contributed by atoms with Gasteiger partial charge in [0, 0.05) is 4.47 Å². The number of halogens is 2. The van der Waals surface area contributed by atoms with Gasteiger partial charge in [0.05, 0.1) is 21.3 Å². The Morgan fingerprint density at radius 1 is 1.24 bits per heavy atom. The summed E-state index contributed by atoms with van der Waals surface area (Å²) >= 11 is 8.11. The van der Waals surface area contributed by atoms with Gasteiger partial charge in [-0.15, -0.1) is 11.3 Å². The van der Waals surface area contributed by atoms with Crippen molar-refractivity contribution in [1.29, 1.82) is 0 Å². The number of methoxy groups -OCH3 is 1. The van der Waals surface area contributed by atoms with E-state index in [1.807, 2.05) is 12.1 Å². The van der Waals surface area contributed by atoms with Gasteiger partial charge in [-0.1, -0.05) is 15.9 Å². The SMILES string of the molecule is COc1cc(Br)ccc1C(=O)c1ccc(Br)s1. The molecule has 0 N–H and O–H groups in total. The zero-order valence-electron chi connectivity index (χ0n) is 8.87. The monoisotopic (exact) mass is 374 g/mol. The van der Waals surface area contributed by atoms with Gasteiger partial charge in [-0.2, -0.15) is 0 Å². The number of rotatable bonds is 3. The van der Waals surface area contributed by atoms with Crippen molar-refractivity contribution in [3.05, 3.63) is 49.0 Å². The number of ketones is 1. The normalized spacial score (nSPS) is 10.3. The van der Waals surface area contributed by atoms with E-state index in [1.54, 1.807) is 25.3 Å². The van der Waals surface area contributed by atoms with Crippen LogP contribution in [0.2, 0.25) is 0 Å². The fraction of sp³-hybridized carbons (Fsp3) is 0.0833. The predicted octanol–water partition coefficient (Wildman–Crippen LogP) is 4.51. The third-order valence-corrected chi connectivity index (χ3v) is 4.32. The maximum atomic E-state index is 12.2. The summed E-state index contributed by atoms with van der Waals surface area (Å²) < 4.78 is 7.05. The first-order chi connectivity index (χ1) is 8.11. The number of hydrogen-bond donors (Lipinski definition) is 0. The van der Waals surface area contributed by atoms with Crippen LogP contribution in [0.5, 0.6) is 5.75 Å². The Kier molecular flexibility index (Phi) is 4.01. The van der Waals surface area contributed by atoms with Gasteiger partial charge in [0.25, 0.3) is 0 Å². The van der Waals surface area contributed by atoms with E-state index in [1.165, 1.54) is 11.3 Å². The molecule has 0 amide bonds. The molecule has 0 aliphatic carbocycles. The molecule has 0 saturated heterocycles. The Morgan fingerprint density at radius 3 is 2.59 bits per heavy atom. The van der Waals surface area contributed by atoms with Gasteiger partial charge in [0.15, 0.2) is 0 Å². The molecule has 1 aromatic heterocycles. The Morgan fingerprint density at radius 2 is 2.00 bits per heavy atom. The van der Waals surface area contributed by atoms with Crippen LogP contribution in [-0.4, -0.2) is 12.9 Å². The van der Waals surface area contributed by atoms with E-state index < -0.39 is 0 Å². The van der Waals surface area contributed by atoms with Crippen LogP contribution in [0.1, 0.15) is 15.2 Å². The van der Waals surface area contributed by atoms with Crippen molar-refractivity contribution < 1.29 is 9.53 Å². The minimum absolute atomic E-state index is 0.0231. The minimum Gasteiger partial charge on any atom is -0.496 e. The van der Waals surface area contributed by atoms with Gasteiger partial charge in [-0.05, 0) is 46.3 Å². The Labute approximate surface area is 120 Å². The lowest BCUT2D eigenvalue weighted by Crippen LogP contribution is -2.01. The van der Waals surface area contributed by atoms with Crippen molar-refractivity contribution in [2.45, 2.75) is 0 Å². The van der Waals surface area contributed by atoms with Gasteiger partial charge >= 0.3 is 0 Å². The fourth-order valence-corrected chi connectivity index (χ4v) is 3.10.